The summed E-state index contributed by atoms with van der Waals surface area (Å²) in [5, 5.41) is 10.5. The summed E-state index contributed by atoms with van der Waals surface area (Å²) >= 11 is 0. The van der Waals surface area contributed by atoms with Gasteiger partial charge in [0.1, 0.15) is 0 Å². The van der Waals surface area contributed by atoms with Crippen molar-refractivity contribution in [3.05, 3.63) is 34.1 Å². The highest BCUT2D eigenvalue weighted by molar-refractivity contribution is 5.80. The van der Waals surface area contributed by atoms with Crippen LogP contribution in [0.3, 0.4) is 0 Å². The molecule has 0 aromatic carbocycles. The standard InChI is InChI=1S/C9H8F2N2O4/c1-2-17-8(14)9(10,11)7-6(13(15)16)4-3-5-12-7/h3-5H,2H2,1H3. The molecular formula is C9H8F2N2O4. The number of nitro groups is 1. The Kier molecular flexibility index (Phi) is 3.66. The van der Waals surface area contributed by atoms with Crippen molar-refractivity contribution >= 4 is 11.7 Å². The first kappa shape index (κ1) is 12.9. The van der Waals surface area contributed by atoms with Crippen LogP contribution >= 0.6 is 0 Å². The van der Waals surface area contributed by atoms with Gasteiger partial charge in [0.15, 0.2) is 5.69 Å². The minimum absolute atomic E-state index is 0.255. The molecule has 17 heavy (non-hydrogen) atoms. The second-order valence-corrected chi connectivity index (χ2v) is 2.92. The van der Waals surface area contributed by atoms with Crippen molar-refractivity contribution in [1.29, 1.82) is 0 Å². The fourth-order valence-corrected chi connectivity index (χ4v) is 1.10. The van der Waals surface area contributed by atoms with E-state index in [1.807, 2.05) is 0 Å². The Morgan fingerprint density at radius 1 is 1.65 bits per heavy atom. The maximum Gasteiger partial charge on any atom is 0.391 e. The molecule has 0 saturated carbocycles. The zero-order valence-electron chi connectivity index (χ0n) is 8.72. The van der Waals surface area contributed by atoms with Crippen LogP contribution in [0.25, 0.3) is 0 Å². The fourth-order valence-electron chi connectivity index (χ4n) is 1.10. The lowest BCUT2D eigenvalue weighted by Gasteiger charge is -2.13. The summed E-state index contributed by atoms with van der Waals surface area (Å²) in [6.45, 7) is 1.09. The number of nitrogens with zero attached hydrogens (tertiary/aromatic N) is 2. The molecule has 0 fully saturated rings. The van der Waals surface area contributed by atoms with E-state index in [4.69, 9.17) is 0 Å². The second-order valence-electron chi connectivity index (χ2n) is 2.92. The fraction of sp³-hybridized carbons (Fsp3) is 0.333. The van der Waals surface area contributed by atoms with Crippen molar-refractivity contribution in [3.8, 4) is 0 Å². The number of carbonyl (C=O) groups is 1. The van der Waals surface area contributed by atoms with Crippen LogP contribution in [0, 0.1) is 10.1 Å². The van der Waals surface area contributed by atoms with Crippen LogP contribution in [0.1, 0.15) is 12.6 Å². The number of carbonyl (C=O) groups excluding carboxylic acids is 1. The number of esters is 1. The van der Waals surface area contributed by atoms with Crippen molar-refractivity contribution in [2.45, 2.75) is 12.8 Å². The molecule has 0 aliphatic carbocycles. The summed E-state index contributed by atoms with van der Waals surface area (Å²) in [4.78, 5) is 23.7. The normalized spacial score (nSPS) is 11.0. The maximum atomic E-state index is 13.5. The van der Waals surface area contributed by atoms with E-state index in [9.17, 15) is 23.7 Å². The molecule has 1 aromatic heterocycles. The third kappa shape index (κ3) is 2.52. The molecule has 0 amide bonds. The van der Waals surface area contributed by atoms with Gasteiger partial charge in [0.25, 0.3) is 5.69 Å². The van der Waals surface area contributed by atoms with Gasteiger partial charge in [0.2, 0.25) is 0 Å². The first-order valence-electron chi connectivity index (χ1n) is 4.56. The Morgan fingerprint density at radius 3 is 2.82 bits per heavy atom. The minimum atomic E-state index is -4.14. The molecule has 0 aliphatic rings. The van der Waals surface area contributed by atoms with Crippen LogP contribution in [0.2, 0.25) is 0 Å². The van der Waals surface area contributed by atoms with Crippen LogP contribution in [0.15, 0.2) is 18.3 Å². The maximum absolute atomic E-state index is 13.5. The minimum Gasteiger partial charge on any atom is -0.461 e. The Hall–Kier alpha value is -2.12. The molecule has 0 aliphatic heterocycles. The van der Waals surface area contributed by atoms with Crippen LogP contribution in [-0.4, -0.2) is 22.5 Å². The van der Waals surface area contributed by atoms with E-state index >= 15 is 0 Å². The first-order valence-corrected chi connectivity index (χ1v) is 4.56. The largest absolute Gasteiger partial charge is 0.461 e. The van der Waals surface area contributed by atoms with Gasteiger partial charge in [-0.3, -0.25) is 10.1 Å². The summed E-state index contributed by atoms with van der Waals surface area (Å²) in [7, 11) is 0. The Bertz CT molecular complexity index is 450. The highest BCUT2D eigenvalue weighted by atomic mass is 19.3. The molecule has 0 radical (unpaired) electrons. The number of alkyl halides is 2. The SMILES string of the molecule is CCOC(=O)C(F)(F)c1ncccc1[N+](=O)[O-]. The molecule has 1 aromatic rings. The molecule has 1 heterocycles. The van der Waals surface area contributed by atoms with Crippen molar-refractivity contribution in [1.82, 2.24) is 4.98 Å². The lowest BCUT2D eigenvalue weighted by Crippen LogP contribution is -2.30. The monoisotopic (exact) mass is 246 g/mol. The molecule has 0 atom stereocenters. The van der Waals surface area contributed by atoms with E-state index in [1.54, 1.807) is 0 Å². The van der Waals surface area contributed by atoms with Gasteiger partial charge in [-0.05, 0) is 13.0 Å². The zero-order chi connectivity index (χ0) is 13.1. The molecule has 8 heteroatoms. The van der Waals surface area contributed by atoms with Crippen LogP contribution in [-0.2, 0) is 15.5 Å². The Labute approximate surface area is 94.4 Å². The van der Waals surface area contributed by atoms with Crippen LogP contribution in [0.5, 0.6) is 0 Å². The van der Waals surface area contributed by atoms with Gasteiger partial charge in [-0.2, -0.15) is 8.78 Å². The van der Waals surface area contributed by atoms with Gasteiger partial charge in [-0.15, -0.1) is 0 Å². The number of hydrogen-bond acceptors (Lipinski definition) is 5. The van der Waals surface area contributed by atoms with E-state index < -0.39 is 28.2 Å². The summed E-state index contributed by atoms with van der Waals surface area (Å²) in [5.74, 6) is -6.00. The molecule has 0 N–H and O–H groups in total. The average molecular weight is 246 g/mol. The molecule has 0 saturated heterocycles. The molecule has 0 spiro atoms. The van der Waals surface area contributed by atoms with E-state index in [2.05, 4.69) is 9.72 Å². The predicted octanol–water partition coefficient (Wildman–Crippen LogP) is 1.64. The van der Waals surface area contributed by atoms with Gasteiger partial charge in [-0.25, -0.2) is 9.78 Å². The second kappa shape index (κ2) is 4.81. The molecular weight excluding hydrogens is 238 g/mol. The van der Waals surface area contributed by atoms with Gasteiger partial charge >= 0.3 is 11.9 Å². The number of rotatable bonds is 4. The Balaban J connectivity index is 3.23. The van der Waals surface area contributed by atoms with Gasteiger partial charge in [-0.1, -0.05) is 0 Å². The van der Waals surface area contributed by atoms with Crippen molar-refractivity contribution in [3.63, 3.8) is 0 Å². The highest BCUT2D eigenvalue weighted by Gasteiger charge is 2.49. The lowest BCUT2D eigenvalue weighted by molar-refractivity contribution is -0.387. The van der Waals surface area contributed by atoms with Gasteiger partial charge in [0, 0.05) is 12.3 Å². The molecule has 1 rings (SSSR count). The summed E-state index contributed by atoms with van der Waals surface area (Å²) in [6, 6.07) is 1.97. The third-order valence-electron chi connectivity index (χ3n) is 1.81. The van der Waals surface area contributed by atoms with E-state index in [0.717, 1.165) is 18.3 Å². The van der Waals surface area contributed by atoms with Crippen molar-refractivity contribution < 1.29 is 23.2 Å². The summed E-state index contributed by atoms with van der Waals surface area (Å²) in [6.07, 6.45) is 0.940. The van der Waals surface area contributed by atoms with E-state index in [-0.39, 0.29) is 6.61 Å². The Morgan fingerprint density at radius 2 is 2.29 bits per heavy atom. The number of pyridine rings is 1. The molecule has 0 bridgehead atoms. The number of hydrogen-bond donors (Lipinski definition) is 0. The number of aromatic nitrogens is 1. The number of ether oxygens (including phenoxy) is 1. The smallest absolute Gasteiger partial charge is 0.391 e. The van der Waals surface area contributed by atoms with Crippen molar-refractivity contribution in [2.24, 2.45) is 0 Å². The summed E-state index contributed by atoms with van der Waals surface area (Å²) < 4.78 is 31.2. The lowest BCUT2D eigenvalue weighted by atomic mass is 10.2. The quantitative estimate of drug-likeness (QED) is 0.458. The zero-order valence-corrected chi connectivity index (χ0v) is 8.72. The van der Waals surface area contributed by atoms with Gasteiger partial charge < -0.3 is 4.74 Å². The van der Waals surface area contributed by atoms with Crippen LogP contribution < -0.4 is 0 Å². The highest BCUT2D eigenvalue weighted by Crippen LogP contribution is 2.33. The molecule has 0 unspecified atom stereocenters. The summed E-state index contributed by atoms with van der Waals surface area (Å²) in [5.41, 5.74) is -2.14. The molecule has 92 valence electrons. The van der Waals surface area contributed by atoms with E-state index in [0.29, 0.717) is 0 Å². The first-order chi connectivity index (χ1) is 7.91. The van der Waals surface area contributed by atoms with Crippen molar-refractivity contribution in [2.75, 3.05) is 6.61 Å². The third-order valence-corrected chi connectivity index (χ3v) is 1.81. The number of halogens is 2. The predicted molar refractivity (Wildman–Crippen MR) is 51.4 cm³/mol. The average Bonchev–Trinajstić information content (AvgIpc) is 2.29. The van der Waals surface area contributed by atoms with Crippen LogP contribution in [0.4, 0.5) is 14.5 Å². The van der Waals surface area contributed by atoms with E-state index in [1.165, 1.54) is 6.92 Å². The molecule has 6 nitrogen and oxygen atoms in total. The van der Waals surface area contributed by atoms with Gasteiger partial charge in [0.05, 0.1) is 11.5 Å². The topological polar surface area (TPSA) is 82.3 Å².